The van der Waals surface area contributed by atoms with Crippen LogP contribution in [-0.2, 0) is 0 Å². The van der Waals surface area contributed by atoms with Crippen LogP contribution in [0.4, 0.5) is 5.69 Å². The summed E-state index contributed by atoms with van der Waals surface area (Å²) in [6, 6.07) is 6.16. The second-order valence-electron chi connectivity index (χ2n) is 6.42. The van der Waals surface area contributed by atoms with Crippen molar-refractivity contribution >= 4 is 33.0 Å². The van der Waals surface area contributed by atoms with E-state index in [-0.39, 0.29) is 11.4 Å². The van der Waals surface area contributed by atoms with E-state index in [0.29, 0.717) is 10.6 Å². The Morgan fingerprint density at radius 1 is 1.29 bits per heavy atom. The molecule has 1 heterocycles. The summed E-state index contributed by atoms with van der Waals surface area (Å²) in [5, 5.41) is 4.22. The standard InChI is InChI=1S/C17H22N2OS/c1-11-6-7-13-12(10-11)14(18)15(21-13)16(20)19-17(2)8-4-3-5-9-17/h6-7,10H,3-5,8-9,18H2,1-2H3,(H,19,20). The quantitative estimate of drug-likeness (QED) is 0.871. The molecule has 2 aromatic rings. The van der Waals surface area contributed by atoms with E-state index in [2.05, 4.69) is 24.4 Å². The van der Waals surface area contributed by atoms with Gasteiger partial charge in [-0.3, -0.25) is 4.79 Å². The number of nitrogens with one attached hydrogen (secondary N) is 1. The number of hydrogen-bond donors (Lipinski definition) is 2. The van der Waals surface area contributed by atoms with Gasteiger partial charge < -0.3 is 11.1 Å². The lowest BCUT2D eigenvalue weighted by Gasteiger charge is -2.34. The number of carbonyl (C=O) groups excluding carboxylic acids is 1. The molecule has 1 saturated carbocycles. The maximum atomic E-state index is 12.6. The Balaban J connectivity index is 1.89. The molecular formula is C17H22N2OS. The lowest BCUT2D eigenvalue weighted by Crippen LogP contribution is -2.47. The third kappa shape index (κ3) is 2.77. The highest BCUT2D eigenvalue weighted by Crippen LogP contribution is 2.35. The third-order valence-corrected chi connectivity index (χ3v) is 5.65. The SMILES string of the molecule is Cc1ccc2sc(C(=O)NC3(C)CCCCC3)c(N)c2c1. The zero-order chi connectivity index (χ0) is 15.0. The molecule has 1 amide bonds. The number of rotatable bonds is 2. The zero-order valence-corrected chi connectivity index (χ0v) is 13.5. The molecule has 21 heavy (non-hydrogen) atoms. The summed E-state index contributed by atoms with van der Waals surface area (Å²) in [4.78, 5) is 13.3. The molecule has 0 spiro atoms. The lowest BCUT2D eigenvalue weighted by atomic mass is 9.83. The van der Waals surface area contributed by atoms with Crippen LogP contribution in [0.1, 0.15) is 54.3 Å². The number of nitrogens with two attached hydrogens (primary N) is 1. The van der Waals surface area contributed by atoms with Gasteiger partial charge in [0.15, 0.2) is 0 Å². The Kier molecular flexibility index (Phi) is 3.66. The monoisotopic (exact) mass is 302 g/mol. The summed E-state index contributed by atoms with van der Waals surface area (Å²) in [6.07, 6.45) is 5.77. The molecule has 3 N–H and O–H groups in total. The number of thiophene rings is 1. The molecule has 112 valence electrons. The van der Waals surface area contributed by atoms with Gasteiger partial charge in [0.05, 0.1) is 5.69 Å². The number of nitrogen functional groups attached to an aromatic ring is 1. The fourth-order valence-electron chi connectivity index (χ4n) is 3.19. The van der Waals surface area contributed by atoms with Crippen LogP contribution in [0.2, 0.25) is 0 Å². The highest BCUT2D eigenvalue weighted by Gasteiger charge is 2.30. The molecule has 0 bridgehead atoms. The Morgan fingerprint density at radius 3 is 2.71 bits per heavy atom. The van der Waals surface area contributed by atoms with Crippen molar-refractivity contribution in [2.75, 3.05) is 5.73 Å². The molecule has 0 saturated heterocycles. The van der Waals surface area contributed by atoms with E-state index in [0.717, 1.165) is 22.9 Å². The largest absolute Gasteiger partial charge is 0.397 e. The number of anilines is 1. The molecule has 0 atom stereocenters. The Morgan fingerprint density at radius 2 is 2.00 bits per heavy atom. The molecule has 1 aromatic carbocycles. The van der Waals surface area contributed by atoms with Crippen LogP contribution in [0.3, 0.4) is 0 Å². The summed E-state index contributed by atoms with van der Waals surface area (Å²) in [7, 11) is 0. The molecule has 1 aliphatic carbocycles. The summed E-state index contributed by atoms with van der Waals surface area (Å²) < 4.78 is 1.08. The molecular weight excluding hydrogens is 280 g/mol. The number of hydrogen-bond acceptors (Lipinski definition) is 3. The first-order chi connectivity index (χ1) is 9.98. The van der Waals surface area contributed by atoms with Crippen molar-refractivity contribution in [3.05, 3.63) is 28.6 Å². The zero-order valence-electron chi connectivity index (χ0n) is 12.7. The average molecular weight is 302 g/mol. The van der Waals surface area contributed by atoms with Crippen molar-refractivity contribution < 1.29 is 4.79 Å². The van der Waals surface area contributed by atoms with Crippen molar-refractivity contribution in [2.24, 2.45) is 0 Å². The maximum Gasteiger partial charge on any atom is 0.263 e. The van der Waals surface area contributed by atoms with Gasteiger partial charge in [0.2, 0.25) is 0 Å². The minimum atomic E-state index is -0.0755. The number of amides is 1. The number of fused-ring (bicyclic) bond motifs is 1. The van der Waals surface area contributed by atoms with Crippen LogP contribution in [0.15, 0.2) is 18.2 Å². The topological polar surface area (TPSA) is 55.1 Å². The summed E-state index contributed by atoms with van der Waals surface area (Å²) in [5.41, 5.74) is 7.92. The predicted molar refractivity (Wildman–Crippen MR) is 89.9 cm³/mol. The van der Waals surface area contributed by atoms with Gasteiger partial charge in [0.1, 0.15) is 4.88 Å². The molecule has 1 aromatic heterocycles. The van der Waals surface area contributed by atoms with E-state index in [1.807, 2.05) is 13.0 Å². The molecule has 0 radical (unpaired) electrons. The van der Waals surface area contributed by atoms with E-state index in [1.165, 1.54) is 36.2 Å². The normalized spacial score (nSPS) is 17.8. The minimum absolute atomic E-state index is 0.0178. The van der Waals surface area contributed by atoms with E-state index in [4.69, 9.17) is 5.73 Å². The van der Waals surface area contributed by atoms with Crippen LogP contribution < -0.4 is 11.1 Å². The van der Waals surface area contributed by atoms with Crippen LogP contribution in [0.25, 0.3) is 10.1 Å². The first-order valence-electron chi connectivity index (χ1n) is 7.60. The van der Waals surface area contributed by atoms with Gasteiger partial charge in [0.25, 0.3) is 5.91 Å². The Bertz CT molecular complexity index is 683. The van der Waals surface area contributed by atoms with E-state index in [9.17, 15) is 4.79 Å². The van der Waals surface area contributed by atoms with Gasteiger partial charge in [-0.1, -0.05) is 30.9 Å². The maximum absolute atomic E-state index is 12.6. The average Bonchev–Trinajstić information content (AvgIpc) is 2.76. The molecule has 0 unspecified atom stereocenters. The molecule has 1 aliphatic rings. The molecule has 0 aliphatic heterocycles. The lowest BCUT2D eigenvalue weighted by molar-refractivity contribution is 0.0888. The number of benzene rings is 1. The van der Waals surface area contributed by atoms with Gasteiger partial charge in [-0.25, -0.2) is 0 Å². The highest BCUT2D eigenvalue weighted by molar-refractivity contribution is 7.21. The van der Waals surface area contributed by atoms with Gasteiger partial charge in [-0.15, -0.1) is 11.3 Å². The van der Waals surface area contributed by atoms with Crippen LogP contribution in [0, 0.1) is 6.92 Å². The van der Waals surface area contributed by atoms with Gasteiger partial charge in [-0.2, -0.15) is 0 Å². The van der Waals surface area contributed by atoms with Crippen molar-refractivity contribution in [1.29, 1.82) is 0 Å². The Labute approximate surface area is 129 Å². The van der Waals surface area contributed by atoms with Gasteiger partial charge >= 0.3 is 0 Å². The Hall–Kier alpha value is -1.55. The summed E-state index contributed by atoms with van der Waals surface area (Å²) in [5.74, 6) is -0.0178. The summed E-state index contributed by atoms with van der Waals surface area (Å²) >= 11 is 1.49. The van der Waals surface area contributed by atoms with Crippen LogP contribution in [0.5, 0.6) is 0 Å². The van der Waals surface area contributed by atoms with E-state index >= 15 is 0 Å². The second kappa shape index (κ2) is 5.34. The first kappa shape index (κ1) is 14.4. The summed E-state index contributed by atoms with van der Waals surface area (Å²) in [6.45, 7) is 4.19. The number of carbonyl (C=O) groups is 1. The van der Waals surface area contributed by atoms with Crippen molar-refractivity contribution in [1.82, 2.24) is 5.32 Å². The molecule has 3 nitrogen and oxygen atoms in total. The number of aryl methyl sites for hydroxylation is 1. The first-order valence-corrected chi connectivity index (χ1v) is 8.41. The van der Waals surface area contributed by atoms with Crippen molar-refractivity contribution in [3.8, 4) is 0 Å². The molecule has 3 rings (SSSR count). The van der Waals surface area contributed by atoms with E-state index < -0.39 is 0 Å². The van der Waals surface area contributed by atoms with Crippen LogP contribution in [-0.4, -0.2) is 11.4 Å². The third-order valence-electron chi connectivity index (χ3n) is 4.46. The van der Waals surface area contributed by atoms with Gasteiger partial charge in [-0.05, 0) is 38.8 Å². The predicted octanol–water partition coefficient (Wildman–Crippen LogP) is 4.24. The van der Waals surface area contributed by atoms with Crippen molar-refractivity contribution in [3.63, 3.8) is 0 Å². The van der Waals surface area contributed by atoms with Gasteiger partial charge in [0, 0.05) is 15.6 Å². The van der Waals surface area contributed by atoms with E-state index in [1.54, 1.807) is 0 Å². The van der Waals surface area contributed by atoms with Crippen molar-refractivity contribution in [2.45, 2.75) is 51.5 Å². The molecule has 1 fully saturated rings. The second-order valence-corrected chi connectivity index (χ2v) is 7.47. The van der Waals surface area contributed by atoms with Crippen LogP contribution >= 0.6 is 11.3 Å². The smallest absolute Gasteiger partial charge is 0.263 e. The molecule has 4 heteroatoms. The minimum Gasteiger partial charge on any atom is -0.397 e. The highest BCUT2D eigenvalue weighted by atomic mass is 32.1. The fraction of sp³-hybridized carbons (Fsp3) is 0.471. The fourth-order valence-corrected chi connectivity index (χ4v) is 4.19.